The van der Waals surface area contributed by atoms with E-state index in [2.05, 4.69) is 41.0 Å². The van der Waals surface area contributed by atoms with E-state index >= 15 is 0 Å². The summed E-state index contributed by atoms with van der Waals surface area (Å²) >= 11 is 1.88. The number of hydrogen-bond donors (Lipinski definition) is 3. The molecule has 0 heterocycles. The molecule has 0 saturated carbocycles. The van der Waals surface area contributed by atoms with E-state index in [-0.39, 0.29) is 35.9 Å². The lowest BCUT2D eigenvalue weighted by Gasteiger charge is -2.12. The fourth-order valence-corrected chi connectivity index (χ4v) is 2.80. The summed E-state index contributed by atoms with van der Waals surface area (Å²) in [7, 11) is 0. The SMILES string of the molecule is CCNC(=NCc1cccc(C(=O)NC(C)CC)c1)NCCCCSC.I. The Morgan fingerprint density at radius 3 is 2.67 bits per heavy atom. The molecule has 27 heavy (non-hydrogen) atoms. The molecule has 1 atom stereocenters. The second-order valence-corrected chi connectivity index (χ2v) is 7.29. The minimum atomic E-state index is -0.0241. The van der Waals surface area contributed by atoms with E-state index in [1.807, 2.05) is 43.0 Å². The maximum absolute atomic E-state index is 12.3. The average molecular weight is 506 g/mol. The Bertz CT molecular complexity index is 569. The third-order valence-corrected chi connectivity index (χ3v) is 4.71. The summed E-state index contributed by atoms with van der Waals surface area (Å²) in [5, 5.41) is 9.64. The van der Waals surface area contributed by atoms with Crippen molar-refractivity contribution in [3.8, 4) is 0 Å². The number of thioether (sulfide) groups is 1. The van der Waals surface area contributed by atoms with Crippen LogP contribution in [0.3, 0.4) is 0 Å². The predicted octanol–water partition coefficient (Wildman–Crippen LogP) is 4.03. The van der Waals surface area contributed by atoms with Crippen molar-refractivity contribution >= 4 is 47.6 Å². The van der Waals surface area contributed by atoms with Gasteiger partial charge in [0.05, 0.1) is 6.54 Å². The third-order valence-electron chi connectivity index (χ3n) is 4.01. The first kappa shape index (κ1) is 26.0. The minimum absolute atomic E-state index is 0. The van der Waals surface area contributed by atoms with Gasteiger partial charge in [0, 0.05) is 24.7 Å². The van der Waals surface area contributed by atoms with E-state index in [0.29, 0.717) is 12.1 Å². The molecule has 1 aromatic rings. The van der Waals surface area contributed by atoms with Crippen molar-refractivity contribution in [2.75, 3.05) is 25.1 Å². The summed E-state index contributed by atoms with van der Waals surface area (Å²) in [5.74, 6) is 2.00. The number of halogens is 1. The van der Waals surface area contributed by atoms with Crippen molar-refractivity contribution in [1.82, 2.24) is 16.0 Å². The van der Waals surface area contributed by atoms with Gasteiger partial charge in [-0.3, -0.25) is 4.79 Å². The summed E-state index contributed by atoms with van der Waals surface area (Å²) in [6, 6.07) is 7.87. The van der Waals surface area contributed by atoms with E-state index in [4.69, 9.17) is 0 Å². The Morgan fingerprint density at radius 1 is 1.22 bits per heavy atom. The second kappa shape index (κ2) is 16.0. The number of benzene rings is 1. The quantitative estimate of drug-likeness (QED) is 0.184. The van der Waals surface area contributed by atoms with E-state index in [1.165, 1.54) is 12.2 Å². The Morgan fingerprint density at radius 2 is 2.00 bits per heavy atom. The summed E-state index contributed by atoms with van der Waals surface area (Å²) in [4.78, 5) is 16.9. The molecule has 1 rings (SSSR count). The zero-order chi connectivity index (χ0) is 19.2. The summed E-state index contributed by atoms with van der Waals surface area (Å²) in [6.07, 6.45) is 5.40. The fraction of sp³-hybridized carbons (Fsp3) is 0.600. The lowest BCUT2D eigenvalue weighted by Crippen LogP contribution is -2.37. The lowest BCUT2D eigenvalue weighted by molar-refractivity contribution is 0.0939. The number of carbonyl (C=O) groups excluding carboxylic acids is 1. The highest BCUT2D eigenvalue weighted by Crippen LogP contribution is 2.07. The first-order valence-electron chi connectivity index (χ1n) is 9.51. The van der Waals surface area contributed by atoms with Crippen molar-refractivity contribution in [3.63, 3.8) is 0 Å². The molecule has 1 unspecified atom stereocenters. The van der Waals surface area contributed by atoms with Crippen LogP contribution >= 0.6 is 35.7 Å². The molecular weight excluding hydrogens is 471 g/mol. The highest BCUT2D eigenvalue weighted by Gasteiger charge is 2.08. The first-order valence-corrected chi connectivity index (χ1v) is 10.9. The number of aliphatic imine (C=N–C) groups is 1. The number of carbonyl (C=O) groups is 1. The van der Waals surface area contributed by atoms with Gasteiger partial charge in [0.1, 0.15) is 0 Å². The van der Waals surface area contributed by atoms with Crippen LogP contribution in [0.2, 0.25) is 0 Å². The van der Waals surface area contributed by atoms with E-state index in [9.17, 15) is 4.79 Å². The van der Waals surface area contributed by atoms with Gasteiger partial charge in [-0.25, -0.2) is 4.99 Å². The maximum Gasteiger partial charge on any atom is 0.251 e. The molecule has 0 saturated heterocycles. The lowest BCUT2D eigenvalue weighted by atomic mass is 10.1. The summed E-state index contributed by atoms with van der Waals surface area (Å²) < 4.78 is 0. The molecule has 5 nitrogen and oxygen atoms in total. The van der Waals surface area contributed by atoms with Gasteiger partial charge in [-0.2, -0.15) is 11.8 Å². The largest absolute Gasteiger partial charge is 0.357 e. The molecule has 0 radical (unpaired) electrons. The van der Waals surface area contributed by atoms with E-state index in [1.54, 1.807) is 0 Å². The van der Waals surface area contributed by atoms with Gasteiger partial charge >= 0.3 is 0 Å². The van der Waals surface area contributed by atoms with Crippen LogP contribution in [0.25, 0.3) is 0 Å². The van der Waals surface area contributed by atoms with Gasteiger partial charge in [-0.1, -0.05) is 19.1 Å². The van der Waals surface area contributed by atoms with Crippen LogP contribution in [-0.4, -0.2) is 43.0 Å². The molecule has 0 aliphatic heterocycles. The molecule has 0 aliphatic rings. The van der Waals surface area contributed by atoms with Gasteiger partial charge in [0.25, 0.3) is 5.91 Å². The molecular formula is C20H35IN4OS. The number of nitrogens with zero attached hydrogens (tertiary/aromatic N) is 1. The third kappa shape index (κ3) is 11.5. The molecule has 0 fully saturated rings. The number of nitrogens with one attached hydrogen (secondary N) is 3. The molecule has 154 valence electrons. The smallest absolute Gasteiger partial charge is 0.251 e. The van der Waals surface area contributed by atoms with Crippen LogP contribution in [0.5, 0.6) is 0 Å². The predicted molar refractivity (Wildman–Crippen MR) is 130 cm³/mol. The van der Waals surface area contributed by atoms with Crippen LogP contribution in [0.15, 0.2) is 29.3 Å². The number of guanidine groups is 1. The van der Waals surface area contributed by atoms with Gasteiger partial charge < -0.3 is 16.0 Å². The molecule has 1 aromatic carbocycles. The second-order valence-electron chi connectivity index (χ2n) is 6.30. The van der Waals surface area contributed by atoms with Crippen LogP contribution in [0.4, 0.5) is 0 Å². The Labute approximate surface area is 186 Å². The van der Waals surface area contributed by atoms with Crippen LogP contribution in [-0.2, 0) is 6.54 Å². The van der Waals surface area contributed by atoms with E-state index < -0.39 is 0 Å². The first-order chi connectivity index (χ1) is 12.6. The van der Waals surface area contributed by atoms with E-state index in [0.717, 1.165) is 37.5 Å². The van der Waals surface area contributed by atoms with Gasteiger partial charge in [0.2, 0.25) is 0 Å². The minimum Gasteiger partial charge on any atom is -0.357 e. The zero-order valence-electron chi connectivity index (χ0n) is 17.0. The molecule has 0 spiro atoms. The Balaban J connectivity index is 0.00000676. The summed E-state index contributed by atoms with van der Waals surface area (Å²) in [6.45, 7) is 8.43. The molecule has 3 N–H and O–H groups in total. The van der Waals surface area contributed by atoms with Gasteiger partial charge in [0.15, 0.2) is 5.96 Å². The van der Waals surface area contributed by atoms with Crippen LogP contribution < -0.4 is 16.0 Å². The van der Waals surface area contributed by atoms with Crippen molar-refractivity contribution in [2.24, 2.45) is 4.99 Å². The Kier molecular flexibility index (Phi) is 15.5. The standard InChI is InChI=1S/C20H34N4OS.HI/c1-5-16(3)24-19(25)18-11-9-10-17(14-18)15-23-20(21-6-2)22-12-7-8-13-26-4;/h9-11,14,16H,5-8,12-13,15H2,1-4H3,(H,24,25)(H2,21,22,23);1H. The number of hydrogen-bond acceptors (Lipinski definition) is 3. The van der Waals surface area contributed by atoms with Crippen molar-refractivity contribution in [1.29, 1.82) is 0 Å². The number of rotatable bonds is 11. The molecule has 0 aromatic heterocycles. The number of amides is 1. The monoisotopic (exact) mass is 506 g/mol. The highest BCUT2D eigenvalue weighted by molar-refractivity contribution is 14.0. The van der Waals surface area contributed by atoms with Gasteiger partial charge in [-0.05, 0) is 62.8 Å². The van der Waals surface area contributed by atoms with Crippen LogP contribution in [0, 0.1) is 0 Å². The zero-order valence-corrected chi connectivity index (χ0v) is 20.2. The fourth-order valence-electron chi connectivity index (χ4n) is 2.31. The van der Waals surface area contributed by atoms with Crippen molar-refractivity contribution < 1.29 is 4.79 Å². The number of unbranched alkanes of at least 4 members (excludes halogenated alkanes) is 1. The molecule has 7 heteroatoms. The Hall–Kier alpha value is -0.960. The topological polar surface area (TPSA) is 65.5 Å². The highest BCUT2D eigenvalue weighted by atomic mass is 127. The normalized spacial score (nSPS) is 12.1. The van der Waals surface area contributed by atoms with Gasteiger partial charge in [-0.15, -0.1) is 24.0 Å². The summed E-state index contributed by atoms with van der Waals surface area (Å²) in [5.41, 5.74) is 1.72. The maximum atomic E-state index is 12.3. The van der Waals surface area contributed by atoms with Crippen molar-refractivity contribution in [2.45, 2.75) is 52.6 Å². The van der Waals surface area contributed by atoms with Crippen molar-refractivity contribution in [3.05, 3.63) is 35.4 Å². The average Bonchev–Trinajstić information content (AvgIpc) is 2.65. The molecule has 1 amide bonds. The molecule has 0 bridgehead atoms. The van der Waals surface area contributed by atoms with Crippen LogP contribution in [0.1, 0.15) is 56.0 Å². The molecule has 0 aliphatic carbocycles.